The number of ether oxygens (including phenoxy) is 1. The van der Waals surface area contributed by atoms with Crippen LogP contribution in [0.3, 0.4) is 0 Å². The second kappa shape index (κ2) is 9.40. The maximum atomic E-state index is 5.80. The van der Waals surface area contributed by atoms with Crippen LogP contribution in [-0.2, 0) is 0 Å². The third-order valence-corrected chi connectivity index (χ3v) is 3.40. The fourth-order valence-corrected chi connectivity index (χ4v) is 2.13. The Morgan fingerprint density at radius 3 is 2.72 bits per heavy atom. The van der Waals surface area contributed by atoms with E-state index in [0.29, 0.717) is 0 Å². The summed E-state index contributed by atoms with van der Waals surface area (Å²) < 4.78 is 6.88. The molecule has 0 aromatic heterocycles. The van der Waals surface area contributed by atoms with Crippen LogP contribution < -0.4 is 10.1 Å². The van der Waals surface area contributed by atoms with Gasteiger partial charge in [0.1, 0.15) is 5.75 Å². The van der Waals surface area contributed by atoms with E-state index < -0.39 is 0 Å². The summed E-state index contributed by atoms with van der Waals surface area (Å²) in [5, 5.41) is 3.34. The van der Waals surface area contributed by atoms with E-state index in [2.05, 4.69) is 41.2 Å². The molecule has 0 aliphatic heterocycles. The molecule has 1 N–H and O–H groups in total. The summed E-state index contributed by atoms with van der Waals surface area (Å²) in [5.74, 6) is 0.997. The van der Waals surface area contributed by atoms with Crippen molar-refractivity contribution in [1.82, 2.24) is 5.32 Å². The molecule has 0 radical (unpaired) electrons. The molecule has 0 saturated carbocycles. The van der Waals surface area contributed by atoms with Gasteiger partial charge in [0.05, 0.1) is 6.61 Å². The van der Waals surface area contributed by atoms with Gasteiger partial charge in [-0.3, -0.25) is 0 Å². The summed E-state index contributed by atoms with van der Waals surface area (Å²) in [6, 6.07) is 6.17. The van der Waals surface area contributed by atoms with Gasteiger partial charge in [-0.25, -0.2) is 0 Å². The first kappa shape index (κ1) is 15.5. The first-order valence-corrected chi connectivity index (χ1v) is 7.63. The summed E-state index contributed by atoms with van der Waals surface area (Å²) in [4.78, 5) is 0. The average Bonchev–Trinajstić information content (AvgIpc) is 2.36. The number of unbranched alkanes of at least 4 members (excludes halogenated alkanes) is 3. The molecule has 1 aromatic rings. The van der Waals surface area contributed by atoms with Gasteiger partial charge >= 0.3 is 0 Å². The quantitative estimate of drug-likeness (QED) is 0.686. The number of halogens is 1. The van der Waals surface area contributed by atoms with Crippen molar-refractivity contribution in [2.45, 2.75) is 39.5 Å². The number of nitrogens with one attached hydrogen (secondary N) is 1. The lowest BCUT2D eigenvalue weighted by atomic mass is 10.2. The van der Waals surface area contributed by atoms with E-state index in [-0.39, 0.29) is 0 Å². The van der Waals surface area contributed by atoms with Gasteiger partial charge in [0, 0.05) is 4.47 Å². The summed E-state index contributed by atoms with van der Waals surface area (Å²) >= 11 is 3.47. The van der Waals surface area contributed by atoms with E-state index in [0.717, 1.165) is 36.3 Å². The molecule has 2 nitrogen and oxygen atoms in total. The largest absolute Gasteiger partial charge is 0.493 e. The molecule has 0 aliphatic rings. The third kappa shape index (κ3) is 6.41. The van der Waals surface area contributed by atoms with Crippen LogP contribution in [0.25, 0.3) is 0 Å². The van der Waals surface area contributed by atoms with Crippen LogP contribution in [0.2, 0.25) is 0 Å². The second-order valence-corrected chi connectivity index (χ2v) is 5.44. The van der Waals surface area contributed by atoms with E-state index in [4.69, 9.17) is 4.74 Å². The molecule has 0 saturated heterocycles. The summed E-state index contributed by atoms with van der Waals surface area (Å²) in [6.07, 6.45) is 4.94. The number of aryl methyl sites for hydroxylation is 1. The van der Waals surface area contributed by atoms with Crippen LogP contribution >= 0.6 is 15.9 Å². The molecule has 0 heterocycles. The Morgan fingerprint density at radius 2 is 1.94 bits per heavy atom. The Balaban J connectivity index is 2.09. The molecule has 3 heteroatoms. The Morgan fingerprint density at radius 1 is 1.17 bits per heavy atom. The second-order valence-electron chi connectivity index (χ2n) is 4.53. The highest BCUT2D eigenvalue weighted by Crippen LogP contribution is 2.23. The van der Waals surface area contributed by atoms with Gasteiger partial charge in [-0.15, -0.1) is 0 Å². The van der Waals surface area contributed by atoms with E-state index in [1.165, 1.54) is 24.8 Å². The Hall–Kier alpha value is -0.540. The van der Waals surface area contributed by atoms with Gasteiger partial charge in [-0.05, 0) is 50.6 Å². The predicted molar refractivity (Wildman–Crippen MR) is 81.4 cm³/mol. The van der Waals surface area contributed by atoms with Crippen LogP contribution in [0.15, 0.2) is 22.7 Å². The average molecular weight is 314 g/mol. The monoisotopic (exact) mass is 313 g/mol. The van der Waals surface area contributed by atoms with Gasteiger partial charge in [0.25, 0.3) is 0 Å². The number of hydrogen-bond acceptors (Lipinski definition) is 2. The highest BCUT2D eigenvalue weighted by molar-refractivity contribution is 9.10. The molecule has 18 heavy (non-hydrogen) atoms. The van der Waals surface area contributed by atoms with E-state index in [1.54, 1.807) is 0 Å². The van der Waals surface area contributed by atoms with Crippen LogP contribution in [0.1, 0.15) is 38.2 Å². The minimum absolute atomic E-state index is 0.818. The SMILES string of the molecule is CCNCCCCCCOc1cc(Br)ccc1C. The molecule has 0 fully saturated rings. The predicted octanol–water partition coefficient (Wildman–Crippen LogP) is 4.31. The minimum atomic E-state index is 0.818. The minimum Gasteiger partial charge on any atom is -0.493 e. The van der Waals surface area contributed by atoms with Crippen LogP contribution in [0, 0.1) is 6.92 Å². The van der Waals surface area contributed by atoms with Gasteiger partial charge < -0.3 is 10.1 Å². The van der Waals surface area contributed by atoms with Crippen LogP contribution in [0.4, 0.5) is 0 Å². The molecule has 0 unspecified atom stereocenters. The molecular formula is C15H24BrNO. The van der Waals surface area contributed by atoms with Crippen LogP contribution in [-0.4, -0.2) is 19.7 Å². The van der Waals surface area contributed by atoms with Crippen molar-refractivity contribution in [3.05, 3.63) is 28.2 Å². The van der Waals surface area contributed by atoms with E-state index >= 15 is 0 Å². The van der Waals surface area contributed by atoms with Crippen molar-refractivity contribution in [2.75, 3.05) is 19.7 Å². The summed E-state index contributed by atoms with van der Waals surface area (Å²) in [7, 11) is 0. The lowest BCUT2D eigenvalue weighted by Gasteiger charge is -2.09. The Labute approximate surface area is 119 Å². The van der Waals surface area contributed by atoms with E-state index in [1.807, 2.05) is 12.1 Å². The maximum Gasteiger partial charge on any atom is 0.123 e. The zero-order valence-electron chi connectivity index (χ0n) is 11.5. The lowest BCUT2D eigenvalue weighted by Crippen LogP contribution is -2.13. The normalized spacial score (nSPS) is 10.6. The van der Waals surface area contributed by atoms with Crippen molar-refractivity contribution in [2.24, 2.45) is 0 Å². The fourth-order valence-electron chi connectivity index (χ4n) is 1.79. The van der Waals surface area contributed by atoms with Gasteiger partial charge in [-0.2, -0.15) is 0 Å². The molecule has 0 bridgehead atoms. The molecule has 1 aromatic carbocycles. The molecular weight excluding hydrogens is 290 g/mol. The zero-order chi connectivity index (χ0) is 13.2. The van der Waals surface area contributed by atoms with Crippen molar-refractivity contribution in [1.29, 1.82) is 0 Å². The highest BCUT2D eigenvalue weighted by atomic mass is 79.9. The van der Waals surface area contributed by atoms with Gasteiger partial charge in [0.2, 0.25) is 0 Å². The van der Waals surface area contributed by atoms with Crippen molar-refractivity contribution in [3.63, 3.8) is 0 Å². The Kier molecular flexibility index (Phi) is 8.10. The number of hydrogen-bond donors (Lipinski definition) is 1. The number of benzene rings is 1. The first-order valence-electron chi connectivity index (χ1n) is 6.83. The topological polar surface area (TPSA) is 21.3 Å². The lowest BCUT2D eigenvalue weighted by molar-refractivity contribution is 0.302. The summed E-state index contributed by atoms with van der Waals surface area (Å²) in [6.45, 7) is 7.26. The van der Waals surface area contributed by atoms with Crippen molar-refractivity contribution < 1.29 is 4.74 Å². The molecule has 0 spiro atoms. The fraction of sp³-hybridized carbons (Fsp3) is 0.600. The van der Waals surface area contributed by atoms with Gasteiger partial charge in [-0.1, -0.05) is 41.8 Å². The zero-order valence-corrected chi connectivity index (χ0v) is 13.1. The smallest absolute Gasteiger partial charge is 0.123 e. The van der Waals surface area contributed by atoms with Crippen molar-refractivity contribution >= 4 is 15.9 Å². The van der Waals surface area contributed by atoms with Crippen LogP contribution in [0.5, 0.6) is 5.75 Å². The standard InChI is InChI=1S/C15H24BrNO/c1-3-17-10-6-4-5-7-11-18-15-12-14(16)9-8-13(15)2/h8-9,12,17H,3-7,10-11H2,1-2H3. The van der Waals surface area contributed by atoms with Gasteiger partial charge in [0.15, 0.2) is 0 Å². The Bertz CT molecular complexity index is 341. The first-order chi connectivity index (χ1) is 8.74. The molecule has 0 amide bonds. The number of rotatable bonds is 9. The summed E-state index contributed by atoms with van der Waals surface area (Å²) in [5.41, 5.74) is 1.20. The van der Waals surface area contributed by atoms with E-state index in [9.17, 15) is 0 Å². The maximum absolute atomic E-state index is 5.80. The molecule has 0 aliphatic carbocycles. The highest BCUT2D eigenvalue weighted by Gasteiger charge is 2.00. The molecule has 1 rings (SSSR count). The molecule has 102 valence electrons. The molecule has 0 atom stereocenters. The van der Waals surface area contributed by atoms with Crippen molar-refractivity contribution in [3.8, 4) is 5.75 Å². The third-order valence-electron chi connectivity index (χ3n) is 2.91.